The fourth-order valence-corrected chi connectivity index (χ4v) is 3.41. The van der Waals surface area contributed by atoms with Crippen molar-refractivity contribution in [3.8, 4) is 5.75 Å². The van der Waals surface area contributed by atoms with Crippen LogP contribution in [0.3, 0.4) is 0 Å². The fourth-order valence-electron chi connectivity index (χ4n) is 3.41. The lowest BCUT2D eigenvalue weighted by Crippen LogP contribution is -2.47. The second kappa shape index (κ2) is 5.90. The predicted octanol–water partition coefficient (Wildman–Crippen LogP) is 1.77. The number of methoxy groups -OCH3 is 1. The topological polar surface area (TPSA) is 52.4 Å². The van der Waals surface area contributed by atoms with E-state index in [1.165, 1.54) is 13.2 Å². The number of piperidine rings is 1. The Morgan fingerprint density at radius 3 is 3.17 bits per heavy atom. The van der Waals surface area contributed by atoms with Crippen LogP contribution in [-0.4, -0.2) is 46.2 Å². The van der Waals surface area contributed by atoms with Crippen molar-refractivity contribution in [1.82, 2.24) is 19.9 Å². The Hall–Kier alpha value is -1.99. The normalized spacial score (nSPS) is 24.1. The molecule has 0 saturated carbocycles. The molecule has 1 fully saturated rings. The first-order valence-electron chi connectivity index (χ1n) is 7.80. The van der Waals surface area contributed by atoms with Crippen LogP contribution in [0.5, 0.6) is 5.75 Å². The van der Waals surface area contributed by atoms with Gasteiger partial charge in [-0.2, -0.15) is 0 Å². The van der Waals surface area contributed by atoms with Crippen LogP contribution in [0.2, 0.25) is 0 Å². The third kappa shape index (κ3) is 2.70. The van der Waals surface area contributed by atoms with Gasteiger partial charge in [-0.15, -0.1) is 5.10 Å². The molecule has 7 heteroatoms. The van der Waals surface area contributed by atoms with E-state index in [0.29, 0.717) is 24.5 Å². The molecule has 6 nitrogen and oxygen atoms in total. The Morgan fingerprint density at radius 2 is 2.35 bits per heavy atom. The molecule has 0 amide bonds. The van der Waals surface area contributed by atoms with Crippen molar-refractivity contribution in [1.29, 1.82) is 0 Å². The summed E-state index contributed by atoms with van der Waals surface area (Å²) < 4.78 is 27.1. The standard InChI is InChI=1S/C16H19FN4O2/c1-22-13-3-2-11(14(17)6-13)8-20-5-4-16-15(9-20)21-12(10-23-16)7-18-19-21/h2-3,6-7,15-16H,4-5,8-10H2,1H3/t15-,16-/m0/s1. The quantitative estimate of drug-likeness (QED) is 0.863. The molecule has 2 aliphatic rings. The number of hydrogen-bond donors (Lipinski definition) is 0. The molecular formula is C16H19FN4O2. The highest BCUT2D eigenvalue weighted by molar-refractivity contribution is 5.28. The van der Waals surface area contributed by atoms with Crippen molar-refractivity contribution >= 4 is 0 Å². The number of fused-ring (bicyclic) bond motifs is 3. The number of hydrogen-bond acceptors (Lipinski definition) is 5. The first kappa shape index (κ1) is 14.6. The minimum Gasteiger partial charge on any atom is -0.497 e. The number of benzene rings is 1. The van der Waals surface area contributed by atoms with Crippen LogP contribution in [0.15, 0.2) is 24.4 Å². The summed E-state index contributed by atoms with van der Waals surface area (Å²) in [7, 11) is 1.54. The van der Waals surface area contributed by atoms with E-state index in [9.17, 15) is 4.39 Å². The summed E-state index contributed by atoms with van der Waals surface area (Å²) >= 11 is 0. The van der Waals surface area contributed by atoms with E-state index in [1.807, 2.05) is 4.68 Å². The minimum absolute atomic E-state index is 0.149. The van der Waals surface area contributed by atoms with Crippen molar-refractivity contribution in [3.63, 3.8) is 0 Å². The van der Waals surface area contributed by atoms with Crippen molar-refractivity contribution in [2.75, 3.05) is 20.2 Å². The van der Waals surface area contributed by atoms with E-state index < -0.39 is 0 Å². The van der Waals surface area contributed by atoms with Crippen LogP contribution in [0.25, 0.3) is 0 Å². The van der Waals surface area contributed by atoms with Crippen molar-refractivity contribution in [2.24, 2.45) is 0 Å². The smallest absolute Gasteiger partial charge is 0.131 e. The minimum atomic E-state index is -0.229. The molecule has 0 bridgehead atoms. The first-order chi connectivity index (χ1) is 11.2. The monoisotopic (exact) mass is 318 g/mol. The molecule has 0 N–H and O–H groups in total. The molecule has 0 aliphatic carbocycles. The van der Waals surface area contributed by atoms with Gasteiger partial charge in [0.1, 0.15) is 11.6 Å². The molecule has 122 valence electrons. The van der Waals surface area contributed by atoms with Gasteiger partial charge in [0, 0.05) is 31.3 Å². The van der Waals surface area contributed by atoms with Crippen LogP contribution in [-0.2, 0) is 17.9 Å². The van der Waals surface area contributed by atoms with Crippen LogP contribution in [0, 0.1) is 5.82 Å². The summed E-state index contributed by atoms with van der Waals surface area (Å²) in [6.07, 6.45) is 2.83. The zero-order valence-corrected chi connectivity index (χ0v) is 13.0. The maximum Gasteiger partial charge on any atom is 0.131 e. The van der Waals surface area contributed by atoms with E-state index in [-0.39, 0.29) is 18.0 Å². The van der Waals surface area contributed by atoms with Gasteiger partial charge in [-0.25, -0.2) is 9.07 Å². The molecule has 2 aromatic rings. The zero-order chi connectivity index (χ0) is 15.8. The molecule has 0 unspecified atom stereocenters. The first-order valence-corrected chi connectivity index (χ1v) is 7.80. The molecule has 0 spiro atoms. The number of halogens is 1. The number of likely N-dealkylation sites (tertiary alicyclic amines) is 1. The molecule has 0 radical (unpaired) electrons. The van der Waals surface area contributed by atoms with Gasteiger partial charge in [0.2, 0.25) is 0 Å². The fraction of sp³-hybridized carbons (Fsp3) is 0.500. The Kier molecular flexibility index (Phi) is 3.74. The van der Waals surface area contributed by atoms with Crippen molar-refractivity contribution in [3.05, 3.63) is 41.5 Å². The zero-order valence-electron chi connectivity index (χ0n) is 13.0. The summed E-state index contributed by atoms with van der Waals surface area (Å²) in [5.41, 5.74) is 1.68. The molecule has 1 saturated heterocycles. The lowest BCUT2D eigenvalue weighted by molar-refractivity contribution is -0.0670. The molecule has 2 aliphatic heterocycles. The summed E-state index contributed by atoms with van der Waals surface area (Å²) in [6, 6.07) is 5.17. The molecule has 1 aromatic carbocycles. The number of rotatable bonds is 3. The Morgan fingerprint density at radius 1 is 1.43 bits per heavy atom. The summed E-state index contributed by atoms with van der Waals surface area (Å²) in [6.45, 7) is 2.81. The highest BCUT2D eigenvalue weighted by Crippen LogP contribution is 2.31. The average molecular weight is 318 g/mol. The molecule has 23 heavy (non-hydrogen) atoms. The summed E-state index contributed by atoms with van der Waals surface area (Å²) in [5, 5.41) is 8.17. The third-order valence-electron chi connectivity index (χ3n) is 4.67. The highest BCUT2D eigenvalue weighted by Gasteiger charge is 2.36. The van der Waals surface area contributed by atoms with Crippen LogP contribution < -0.4 is 4.74 Å². The lowest BCUT2D eigenvalue weighted by atomic mass is 9.99. The van der Waals surface area contributed by atoms with Gasteiger partial charge in [-0.05, 0) is 12.5 Å². The van der Waals surface area contributed by atoms with Gasteiger partial charge >= 0.3 is 0 Å². The van der Waals surface area contributed by atoms with E-state index in [2.05, 4.69) is 15.2 Å². The van der Waals surface area contributed by atoms with Crippen LogP contribution in [0.4, 0.5) is 4.39 Å². The van der Waals surface area contributed by atoms with Gasteiger partial charge in [0.15, 0.2) is 0 Å². The number of ether oxygens (including phenoxy) is 2. The van der Waals surface area contributed by atoms with Gasteiger partial charge in [0.25, 0.3) is 0 Å². The molecular weight excluding hydrogens is 299 g/mol. The molecule has 4 rings (SSSR count). The maximum absolute atomic E-state index is 14.2. The maximum atomic E-state index is 14.2. The Labute approximate surface area is 133 Å². The van der Waals surface area contributed by atoms with Crippen LogP contribution in [0.1, 0.15) is 23.7 Å². The van der Waals surface area contributed by atoms with Gasteiger partial charge in [-0.1, -0.05) is 11.3 Å². The molecule has 3 heterocycles. The summed E-state index contributed by atoms with van der Waals surface area (Å²) in [5.74, 6) is 0.311. The van der Waals surface area contributed by atoms with E-state index in [1.54, 1.807) is 18.3 Å². The SMILES string of the molecule is COc1ccc(CN2CC[C@@H]3OCc4cnnn4[C@H]3C2)c(F)c1. The second-order valence-electron chi connectivity index (χ2n) is 6.07. The van der Waals surface area contributed by atoms with E-state index in [0.717, 1.165) is 25.2 Å². The van der Waals surface area contributed by atoms with Gasteiger partial charge < -0.3 is 9.47 Å². The third-order valence-corrected chi connectivity index (χ3v) is 4.67. The van der Waals surface area contributed by atoms with Crippen molar-refractivity contribution in [2.45, 2.75) is 31.7 Å². The average Bonchev–Trinajstić information content (AvgIpc) is 3.06. The van der Waals surface area contributed by atoms with E-state index >= 15 is 0 Å². The summed E-state index contributed by atoms with van der Waals surface area (Å²) in [4.78, 5) is 2.24. The largest absolute Gasteiger partial charge is 0.497 e. The molecule has 2 atom stereocenters. The second-order valence-corrected chi connectivity index (χ2v) is 6.07. The van der Waals surface area contributed by atoms with E-state index in [4.69, 9.17) is 9.47 Å². The van der Waals surface area contributed by atoms with Gasteiger partial charge in [0.05, 0.1) is 37.8 Å². The number of aromatic nitrogens is 3. The number of nitrogens with zero attached hydrogens (tertiary/aromatic N) is 4. The lowest BCUT2D eigenvalue weighted by Gasteiger charge is -2.41. The predicted molar refractivity (Wildman–Crippen MR) is 80.5 cm³/mol. The van der Waals surface area contributed by atoms with Crippen LogP contribution >= 0.6 is 0 Å². The van der Waals surface area contributed by atoms with Gasteiger partial charge in [-0.3, -0.25) is 4.90 Å². The Balaban J connectivity index is 1.50. The highest BCUT2D eigenvalue weighted by atomic mass is 19.1. The van der Waals surface area contributed by atoms with Crippen molar-refractivity contribution < 1.29 is 13.9 Å². The molecule has 1 aromatic heterocycles. The Bertz CT molecular complexity index is 705.